The molecule has 0 aromatic rings. The van der Waals surface area contributed by atoms with E-state index in [4.69, 9.17) is 14.2 Å². The van der Waals surface area contributed by atoms with Crippen molar-refractivity contribution < 1.29 is 28.6 Å². The van der Waals surface area contributed by atoms with Crippen LogP contribution in [0.5, 0.6) is 0 Å². The smallest absolute Gasteiger partial charge is 0.306 e. The zero-order valence-electron chi connectivity index (χ0n) is 52.2. The summed E-state index contributed by atoms with van der Waals surface area (Å²) in [6.07, 6.45) is 98.1. The maximum absolute atomic E-state index is 12.9. The Morgan fingerprint density at radius 1 is 0.247 bits per heavy atom. The second-order valence-corrected chi connectivity index (χ2v) is 21.2. The van der Waals surface area contributed by atoms with Gasteiger partial charge in [0.2, 0.25) is 0 Å². The molecule has 6 nitrogen and oxygen atoms in total. The van der Waals surface area contributed by atoms with Gasteiger partial charge in [0.25, 0.3) is 0 Å². The lowest BCUT2D eigenvalue weighted by atomic mass is 10.1. The molecule has 0 aliphatic rings. The highest BCUT2D eigenvalue weighted by Crippen LogP contribution is 2.15. The monoisotopic (exact) mass is 1120 g/mol. The van der Waals surface area contributed by atoms with E-state index in [1.807, 2.05) is 0 Å². The third kappa shape index (κ3) is 65.7. The molecular weight excluding hydrogens is 997 g/mol. The van der Waals surface area contributed by atoms with Crippen LogP contribution in [0.4, 0.5) is 0 Å². The minimum Gasteiger partial charge on any atom is -0.462 e. The number of ether oxygens (including phenoxy) is 3. The molecule has 0 aromatic carbocycles. The number of carbonyl (C=O) groups is 3. The molecule has 0 bridgehead atoms. The molecule has 6 heteroatoms. The molecule has 0 amide bonds. The molecule has 1 atom stereocenters. The van der Waals surface area contributed by atoms with Gasteiger partial charge in [0.05, 0.1) is 0 Å². The van der Waals surface area contributed by atoms with Crippen LogP contribution in [0.1, 0.15) is 278 Å². The number of hydrogen-bond acceptors (Lipinski definition) is 6. The first kappa shape index (κ1) is 76.0. The summed E-state index contributed by atoms with van der Waals surface area (Å²) in [6.45, 7) is 6.28. The fourth-order valence-corrected chi connectivity index (χ4v) is 8.69. The molecule has 0 radical (unpaired) electrons. The highest BCUT2D eigenvalue weighted by molar-refractivity contribution is 5.71. The van der Waals surface area contributed by atoms with Gasteiger partial charge in [0, 0.05) is 19.3 Å². The summed E-state index contributed by atoms with van der Waals surface area (Å²) in [7, 11) is 0. The Hall–Kier alpha value is -4.97. The van der Waals surface area contributed by atoms with Crippen LogP contribution >= 0.6 is 0 Å². The van der Waals surface area contributed by atoms with Crippen molar-refractivity contribution in [3.63, 3.8) is 0 Å². The first-order chi connectivity index (χ1) is 40.0. The van der Waals surface area contributed by atoms with Crippen molar-refractivity contribution in [3.05, 3.63) is 158 Å². The van der Waals surface area contributed by atoms with Gasteiger partial charge >= 0.3 is 17.9 Å². The SMILES string of the molecule is CC/C=C\C/C=C\C/C=C\C/C=C\C/C=C\CCCCCCCCCCCC(=O)OCC(COC(=O)CCCCCCCCC/C=C\C/C=C\C/C=C\CC)OC(=O)CCCCCCC/C=C\C/C=C\C/C=C\C/C=C\C/C=C\CC. The molecule has 0 aliphatic heterocycles. The third-order valence-corrected chi connectivity index (χ3v) is 13.5. The Morgan fingerprint density at radius 3 is 0.691 bits per heavy atom. The minimum absolute atomic E-state index is 0.0987. The van der Waals surface area contributed by atoms with Crippen LogP contribution in [0.25, 0.3) is 0 Å². The second-order valence-electron chi connectivity index (χ2n) is 21.2. The fraction of sp³-hybridized carbons (Fsp3) is 0.613. The van der Waals surface area contributed by atoms with Crippen LogP contribution in [0.3, 0.4) is 0 Å². The predicted octanol–water partition coefficient (Wildman–Crippen LogP) is 22.9. The Balaban J connectivity index is 4.46. The van der Waals surface area contributed by atoms with Crippen molar-refractivity contribution in [2.24, 2.45) is 0 Å². The van der Waals surface area contributed by atoms with Gasteiger partial charge in [-0.1, -0.05) is 275 Å². The Kier molecular flexibility index (Phi) is 63.4. The third-order valence-electron chi connectivity index (χ3n) is 13.5. The van der Waals surface area contributed by atoms with Crippen LogP contribution < -0.4 is 0 Å². The van der Waals surface area contributed by atoms with Gasteiger partial charge < -0.3 is 14.2 Å². The summed E-state index contributed by atoms with van der Waals surface area (Å²) in [6, 6.07) is 0. The Bertz CT molecular complexity index is 1810. The number of carbonyl (C=O) groups excluding carboxylic acids is 3. The number of esters is 3. The van der Waals surface area contributed by atoms with Crippen LogP contribution in [-0.2, 0) is 28.6 Å². The van der Waals surface area contributed by atoms with Crippen molar-refractivity contribution in [1.82, 2.24) is 0 Å². The highest BCUT2D eigenvalue weighted by atomic mass is 16.6. The molecule has 81 heavy (non-hydrogen) atoms. The Labute approximate surface area is 499 Å². The van der Waals surface area contributed by atoms with E-state index in [0.29, 0.717) is 19.3 Å². The van der Waals surface area contributed by atoms with E-state index >= 15 is 0 Å². The van der Waals surface area contributed by atoms with E-state index in [1.165, 1.54) is 64.2 Å². The summed E-state index contributed by atoms with van der Waals surface area (Å²) in [4.78, 5) is 38.4. The number of allylic oxidation sites excluding steroid dienone is 26. The van der Waals surface area contributed by atoms with Crippen molar-refractivity contribution in [2.75, 3.05) is 13.2 Å². The van der Waals surface area contributed by atoms with Crippen LogP contribution in [-0.4, -0.2) is 37.2 Å². The standard InChI is InChI=1S/C75H120O6/c1-4-7-10-13-16-19-22-25-28-31-33-35-36-37-38-40-41-44-47-50-53-56-59-62-65-68-74(77)80-71-72(70-79-73(76)67-64-61-58-55-52-49-46-43-30-27-24-21-18-15-12-9-6-3)81-75(78)69-66-63-60-57-54-51-48-45-42-39-34-32-29-26-23-20-17-14-11-8-5-2/h7-12,16-21,25-30,33-35,37-39,45,48,72H,4-6,13-15,22-24,31-32,36,40-44,46-47,49-71H2,1-3H3/b10-7-,11-8-,12-9-,19-16-,20-17-,21-18-,28-25-,29-26-,30-27-,35-33-,38-37-,39-34-,48-45-. The van der Waals surface area contributed by atoms with Gasteiger partial charge in [-0.05, 0) is 141 Å². The first-order valence-corrected chi connectivity index (χ1v) is 33.0. The summed E-state index contributed by atoms with van der Waals surface area (Å²) in [5.41, 5.74) is 0. The topological polar surface area (TPSA) is 78.9 Å². The maximum atomic E-state index is 12.9. The average molecular weight is 1120 g/mol. The van der Waals surface area contributed by atoms with Crippen LogP contribution in [0.15, 0.2) is 158 Å². The van der Waals surface area contributed by atoms with Crippen molar-refractivity contribution in [2.45, 2.75) is 284 Å². The van der Waals surface area contributed by atoms with Gasteiger partial charge in [0.15, 0.2) is 6.10 Å². The van der Waals surface area contributed by atoms with E-state index < -0.39 is 6.10 Å². The fourth-order valence-electron chi connectivity index (χ4n) is 8.69. The molecule has 0 heterocycles. The summed E-state index contributed by atoms with van der Waals surface area (Å²) in [5, 5.41) is 0. The average Bonchev–Trinajstić information content (AvgIpc) is 3.47. The van der Waals surface area contributed by atoms with E-state index in [0.717, 1.165) is 173 Å². The van der Waals surface area contributed by atoms with Crippen LogP contribution in [0.2, 0.25) is 0 Å². The molecule has 0 N–H and O–H groups in total. The van der Waals surface area contributed by atoms with E-state index in [2.05, 4.69) is 179 Å². The van der Waals surface area contributed by atoms with Crippen molar-refractivity contribution >= 4 is 17.9 Å². The van der Waals surface area contributed by atoms with Gasteiger partial charge in [-0.3, -0.25) is 14.4 Å². The lowest BCUT2D eigenvalue weighted by Crippen LogP contribution is -2.30. The number of rotatable bonds is 58. The van der Waals surface area contributed by atoms with Gasteiger partial charge in [-0.15, -0.1) is 0 Å². The summed E-state index contributed by atoms with van der Waals surface area (Å²) >= 11 is 0. The lowest BCUT2D eigenvalue weighted by molar-refractivity contribution is -0.167. The summed E-state index contributed by atoms with van der Waals surface area (Å²) < 4.78 is 16.9. The molecule has 456 valence electrons. The van der Waals surface area contributed by atoms with E-state index in [9.17, 15) is 14.4 Å². The molecule has 0 rings (SSSR count). The molecule has 0 aromatic heterocycles. The molecule has 0 saturated heterocycles. The zero-order chi connectivity index (χ0) is 58.5. The summed E-state index contributed by atoms with van der Waals surface area (Å²) in [5.74, 6) is -0.933. The van der Waals surface area contributed by atoms with Gasteiger partial charge in [-0.25, -0.2) is 0 Å². The second kappa shape index (κ2) is 67.5. The number of unbranched alkanes of at least 4 members (excludes halogenated alkanes) is 21. The predicted molar refractivity (Wildman–Crippen MR) is 352 cm³/mol. The van der Waals surface area contributed by atoms with Gasteiger partial charge in [0.1, 0.15) is 13.2 Å². The molecule has 0 aliphatic carbocycles. The maximum Gasteiger partial charge on any atom is 0.306 e. The van der Waals surface area contributed by atoms with Crippen molar-refractivity contribution in [3.8, 4) is 0 Å². The van der Waals surface area contributed by atoms with Crippen LogP contribution in [0, 0.1) is 0 Å². The first-order valence-electron chi connectivity index (χ1n) is 33.0. The molecule has 1 unspecified atom stereocenters. The molecule has 0 saturated carbocycles. The normalized spacial score (nSPS) is 13.2. The highest BCUT2D eigenvalue weighted by Gasteiger charge is 2.19. The molecule has 0 spiro atoms. The Morgan fingerprint density at radius 2 is 0.444 bits per heavy atom. The van der Waals surface area contributed by atoms with E-state index in [-0.39, 0.29) is 31.1 Å². The minimum atomic E-state index is -0.805. The molecule has 0 fully saturated rings. The van der Waals surface area contributed by atoms with E-state index in [1.54, 1.807) is 0 Å². The lowest BCUT2D eigenvalue weighted by Gasteiger charge is -2.18. The van der Waals surface area contributed by atoms with Crippen molar-refractivity contribution in [1.29, 1.82) is 0 Å². The molecular formula is C75H120O6. The number of hydrogen-bond donors (Lipinski definition) is 0. The van der Waals surface area contributed by atoms with Gasteiger partial charge in [-0.2, -0.15) is 0 Å². The quantitative estimate of drug-likeness (QED) is 0.0261. The largest absolute Gasteiger partial charge is 0.462 e. The zero-order valence-corrected chi connectivity index (χ0v) is 52.2.